The first-order valence-electron chi connectivity index (χ1n) is 5.56. The van der Waals surface area contributed by atoms with Gasteiger partial charge in [0.15, 0.2) is 0 Å². The maximum absolute atomic E-state index is 5.86. The van der Waals surface area contributed by atoms with Crippen molar-refractivity contribution in [2.45, 2.75) is 19.4 Å². The van der Waals surface area contributed by atoms with E-state index < -0.39 is 0 Å². The Morgan fingerprint density at radius 2 is 2.25 bits per heavy atom. The summed E-state index contributed by atoms with van der Waals surface area (Å²) in [6.45, 7) is 6.98. The van der Waals surface area contributed by atoms with Gasteiger partial charge in [-0.3, -0.25) is 0 Å². The van der Waals surface area contributed by atoms with E-state index >= 15 is 0 Å². The minimum absolute atomic E-state index is 0.00234. The van der Waals surface area contributed by atoms with E-state index in [1.165, 1.54) is 11.4 Å². The molecule has 0 aromatic heterocycles. The molecule has 1 aromatic carbocycles. The number of nitrogens with one attached hydrogen (secondary N) is 1. The summed E-state index contributed by atoms with van der Waals surface area (Å²) in [5.41, 5.74) is 8.28. The molecule has 16 heavy (non-hydrogen) atoms. The Labute approximate surface area is 105 Å². The van der Waals surface area contributed by atoms with E-state index in [0.717, 1.165) is 17.6 Å². The van der Waals surface area contributed by atoms with Crippen LogP contribution in [0, 0.1) is 0 Å². The molecule has 0 unspecified atom stereocenters. The number of halogens is 1. The van der Waals surface area contributed by atoms with Crippen LogP contribution in [0.4, 0.5) is 11.4 Å². The normalized spacial score (nSPS) is 15.6. The Morgan fingerprint density at radius 3 is 2.94 bits per heavy atom. The van der Waals surface area contributed by atoms with Crippen LogP contribution in [-0.4, -0.2) is 25.2 Å². The lowest BCUT2D eigenvalue weighted by atomic mass is 10.00. The number of rotatable bonds is 2. The highest BCUT2D eigenvalue weighted by Gasteiger charge is 2.29. The maximum Gasteiger partial charge on any atom is 0.0618 e. The topological polar surface area (TPSA) is 41.3 Å². The fourth-order valence-corrected chi connectivity index (χ4v) is 2.39. The van der Waals surface area contributed by atoms with Gasteiger partial charge in [-0.05, 0) is 32.0 Å². The van der Waals surface area contributed by atoms with Gasteiger partial charge in [0.1, 0.15) is 0 Å². The van der Waals surface area contributed by atoms with E-state index in [-0.39, 0.29) is 5.54 Å². The SMILES string of the molecule is CC(C)(CN)N1CCNc2ccc(Br)cc21. The van der Waals surface area contributed by atoms with Crippen molar-refractivity contribution in [3.05, 3.63) is 22.7 Å². The molecule has 2 rings (SSSR count). The molecular weight excluding hydrogens is 266 g/mol. The van der Waals surface area contributed by atoms with E-state index in [0.29, 0.717) is 6.54 Å². The summed E-state index contributed by atoms with van der Waals surface area (Å²) in [5, 5.41) is 3.41. The molecule has 88 valence electrons. The number of benzene rings is 1. The van der Waals surface area contributed by atoms with Crippen LogP contribution in [-0.2, 0) is 0 Å². The van der Waals surface area contributed by atoms with Gasteiger partial charge < -0.3 is 16.0 Å². The zero-order valence-corrected chi connectivity index (χ0v) is 11.3. The number of anilines is 2. The molecule has 0 bridgehead atoms. The fraction of sp³-hybridized carbons (Fsp3) is 0.500. The molecule has 0 spiro atoms. The van der Waals surface area contributed by atoms with Gasteiger partial charge in [0, 0.05) is 29.6 Å². The number of nitrogens with zero attached hydrogens (tertiary/aromatic N) is 1. The predicted octanol–water partition coefficient (Wildman–Crippen LogP) is 2.42. The molecule has 0 amide bonds. The summed E-state index contributed by atoms with van der Waals surface area (Å²) in [5.74, 6) is 0. The molecule has 0 radical (unpaired) electrons. The molecule has 1 aromatic rings. The Bertz CT molecular complexity index is 390. The first kappa shape index (κ1) is 11.7. The van der Waals surface area contributed by atoms with Crippen LogP contribution in [0.2, 0.25) is 0 Å². The van der Waals surface area contributed by atoms with Crippen molar-refractivity contribution in [1.29, 1.82) is 0 Å². The van der Waals surface area contributed by atoms with Crippen LogP contribution in [0.1, 0.15) is 13.8 Å². The summed E-state index contributed by atoms with van der Waals surface area (Å²) >= 11 is 3.52. The summed E-state index contributed by atoms with van der Waals surface area (Å²) in [4.78, 5) is 2.38. The second kappa shape index (κ2) is 4.26. The Balaban J connectivity index is 2.43. The molecule has 0 atom stereocenters. The van der Waals surface area contributed by atoms with Crippen LogP contribution in [0.5, 0.6) is 0 Å². The predicted molar refractivity (Wildman–Crippen MR) is 73.1 cm³/mol. The maximum atomic E-state index is 5.86. The highest BCUT2D eigenvalue weighted by molar-refractivity contribution is 9.10. The van der Waals surface area contributed by atoms with Gasteiger partial charge in [0.2, 0.25) is 0 Å². The van der Waals surface area contributed by atoms with Crippen molar-refractivity contribution >= 4 is 27.3 Å². The smallest absolute Gasteiger partial charge is 0.0618 e. The average molecular weight is 284 g/mol. The van der Waals surface area contributed by atoms with Crippen molar-refractivity contribution in [2.75, 3.05) is 29.9 Å². The summed E-state index contributed by atoms with van der Waals surface area (Å²) in [7, 11) is 0. The monoisotopic (exact) mass is 283 g/mol. The third kappa shape index (κ3) is 2.04. The molecule has 0 aliphatic carbocycles. The van der Waals surface area contributed by atoms with Gasteiger partial charge in [0.05, 0.1) is 11.4 Å². The zero-order chi connectivity index (χ0) is 11.8. The number of fused-ring (bicyclic) bond motifs is 1. The fourth-order valence-electron chi connectivity index (χ4n) is 2.04. The lowest BCUT2D eigenvalue weighted by molar-refractivity contribution is 0.470. The standard InChI is InChI=1S/C12H18BrN3/c1-12(2,8-14)16-6-5-15-10-4-3-9(13)7-11(10)16/h3-4,7,15H,5-6,8,14H2,1-2H3. The zero-order valence-electron chi connectivity index (χ0n) is 9.76. The Kier molecular flexibility index (Phi) is 3.13. The molecule has 1 aliphatic heterocycles. The van der Waals surface area contributed by atoms with Gasteiger partial charge in [-0.15, -0.1) is 0 Å². The quantitative estimate of drug-likeness (QED) is 0.876. The largest absolute Gasteiger partial charge is 0.382 e. The number of hydrogen-bond donors (Lipinski definition) is 2. The van der Waals surface area contributed by atoms with Gasteiger partial charge in [0.25, 0.3) is 0 Å². The van der Waals surface area contributed by atoms with Crippen molar-refractivity contribution in [3.63, 3.8) is 0 Å². The highest BCUT2D eigenvalue weighted by atomic mass is 79.9. The van der Waals surface area contributed by atoms with Crippen LogP contribution in [0.3, 0.4) is 0 Å². The molecular formula is C12H18BrN3. The van der Waals surface area contributed by atoms with Gasteiger partial charge in [-0.1, -0.05) is 15.9 Å². The molecule has 0 fully saturated rings. The minimum atomic E-state index is -0.00234. The second-order valence-electron chi connectivity index (χ2n) is 4.76. The summed E-state index contributed by atoms with van der Waals surface area (Å²) < 4.78 is 1.10. The summed E-state index contributed by atoms with van der Waals surface area (Å²) in [6.07, 6.45) is 0. The Morgan fingerprint density at radius 1 is 1.50 bits per heavy atom. The van der Waals surface area contributed by atoms with Crippen LogP contribution in [0.25, 0.3) is 0 Å². The third-order valence-corrected chi connectivity index (χ3v) is 3.62. The van der Waals surface area contributed by atoms with E-state index in [4.69, 9.17) is 5.73 Å². The summed E-state index contributed by atoms with van der Waals surface area (Å²) in [6, 6.07) is 6.32. The number of nitrogens with two attached hydrogens (primary N) is 1. The molecule has 0 saturated carbocycles. The van der Waals surface area contributed by atoms with E-state index in [2.05, 4.69) is 58.2 Å². The highest BCUT2D eigenvalue weighted by Crippen LogP contribution is 2.35. The van der Waals surface area contributed by atoms with E-state index in [1.54, 1.807) is 0 Å². The minimum Gasteiger partial charge on any atom is -0.382 e. The number of hydrogen-bond acceptors (Lipinski definition) is 3. The molecule has 4 heteroatoms. The first-order valence-corrected chi connectivity index (χ1v) is 6.35. The van der Waals surface area contributed by atoms with Crippen LogP contribution >= 0.6 is 15.9 Å². The van der Waals surface area contributed by atoms with Gasteiger partial charge in [-0.25, -0.2) is 0 Å². The van der Waals surface area contributed by atoms with Crippen molar-refractivity contribution in [1.82, 2.24) is 0 Å². The molecule has 3 N–H and O–H groups in total. The third-order valence-electron chi connectivity index (χ3n) is 3.13. The molecule has 3 nitrogen and oxygen atoms in total. The molecule has 1 aliphatic rings. The van der Waals surface area contributed by atoms with Crippen molar-refractivity contribution < 1.29 is 0 Å². The first-order chi connectivity index (χ1) is 7.54. The lowest BCUT2D eigenvalue weighted by Crippen LogP contribution is -2.53. The van der Waals surface area contributed by atoms with Gasteiger partial charge in [-0.2, -0.15) is 0 Å². The van der Waals surface area contributed by atoms with Crippen molar-refractivity contribution in [3.8, 4) is 0 Å². The van der Waals surface area contributed by atoms with Crippen LogP contribution in [0.15, 0.2) is 22.7 Å². The van der Waals surface area contributed by atoms with E-state index in [1.807, 2.05) is 0 Å². The average Bonchev–Trinajstić information content (AvgIpc) is 2.28. The second-order valence-corrected chi connectivity index (χ2v) is 5.67. The van der Waals surface area contributed by atoms with Crippen molar-refractivity contribution in [2.24, 2.45) is 5.73 Å². The van der Waals surface area contributed by atoms with Crippen LogP contribution < -0.4 is 16.0 Å². The Hall–Kier alpha value is -0.740. The van der Waals surface area contributed by atoms with E-state index in [9.17, 15) is 0 Å². The molecule has 0 saturated heterocycles. The lowest BCUT2D eigenvalue weighted by Gasteiger charge is -2.43. The van der Waals surface area contributed by atoms with Gasteiger partial charge >= 0.3 is 0 Å². The molecule has 1 heterocycles.